The van der Waals surface area contributed by atoms with Gasteiger partial charge >= 0.3 is 0 Å². The summed E-state index contributed by atoms with van der Waals surface area (Å²) in [4.78, 5) is -1.03. The minimum atomic E-state index is -4.49. The predicted molar refractivity (Wildman–Crippen MR) is 94.7 cm³/mol. The van der Waals surface area contributed by atoms with E-state index in [4.69, 9.17) is 5.14 Å². The predicted octanol–water partition coefficient (Wildman–Crippen LogP) is 4.02. The number of alkyl halides is 2. The molecule has 3 aromatic rings. The standard InChI is InChI=1S/C18H15F4N3O2S/c1-9-3-10(2)5-11(4-9)25-16(8-15(24-25)18(21)22)12-6-14(20)17(7-13(12)19)28(23,26)27/h3-8,18H,1-2H3,(H2,23,26,27). The van der Waals surface area contributed by atoms with Crippen molar-refractivity contribution in [3.05, 3.63) is 64.9 Å². The van der Waals surface area contributed by atoms with Crippen LogP contribution in [0.5, 0.6) is 0 Å². The van der Waals surface area contributed by atoms with Crippen LogP contribution in [0.15, 0.2) is 41.3 Å². The molecule has 0 saturated carbocycles. The lowest BCUT2D eigenvalue weighted by atomic mass is 10.1. The molecule has 10 heteroatoms. The second kappa shape index (κ2) is 7.02. The first-order chi connectivity index (χ1) is 13.0. The van der Waals surface area contributed by atoms with Crippen LogP contribution in [0.1, 0.15) is 23.2 Å². The first-order valence-corrected chi connectivity index (χ1v) is 9.51. The van der Waals surface area contributed by atoms with E-state index in [1.54, 1.807) is 26.0 Å². The van der Waals surface area contributed by atoms with Crippen molar-refractivity contribution in [3.63, 3.8) is 0 Å². The number of rotatable bonds is 4. The Morgan fingerprint density at radius 2 is 1.57 bits per heavy atom. The molecule has 0 unspecified atom stereocenters. The summed E-state index contributed by atoms with van der Waals surface area (Å²) in [5.41, 5.74) is 0.776. The van der Waals surface area contributed by atoms with Crippen LogP contribution in [0.25, 0.3) is 16.9 Å². The number of hydrogen-bond acceptors (Lipinski definition) is 3. The van der Waals surface area contributed by atoms with Crippen LogP contribution in [0.3, 0.4) is 0 Å². The van der Waals surface area contributed by atoms with E-state index in [0.717, 1.165) is 21.9 Å². The lowest BCUT2D eigenvalue weighted by Crippen LogP contribution is -2.15. The van der Waals surface area contributed by atoms with E-state index < -0.39 is 44.2 Å². The fourth-order valence-corrected chi connectivity index (χ4v) is 3.51. The topological polar surface area (TPSA) is 78.0 Å². The molecule has 0 saturated heterocycles. The minimum Gasteiger partial charge on any atom is -0.232 e. The van der Waals surface area contributed by atoms with Crippen LogP contribution in [0.2, 0.25) is 0 Å². The SMILES string of the molecule is Cc1cc(C)cc(-n2nc(C(F)F)cc2-c2cc(F)c(S(N)(=O)=O)cc2F)c1. The highest BCUT2D eigenvalue weighted by molar-refractivity contribution is 7.89. The van der Waals surface area contributed by atoms with E-state index >= 15 is 0 Å². The molecule has 28 heavy (non-hydrogen) atoms. The highest BCUT2D eigenvalue weighted by atomic mass is 32.2. The Hall–Kier alpha value is -2.72. The molecule has 2 aromatic carbocycles. The van der Waals surface area contributed by atoms with Gasteiger partial charge in [0.05, 0.1) is 11.4 Å². The second-order valence-corrected chi connectivity index (χ2v) is 7.85. The number of nitrogens with two attached hydrogens (primary N) is 1. The van der Waals surface area contributed by atoms with E-state index in [9.17, 15) is 26.0 Å². The molecule has 0 bridgehead atoms. The summed E-state index contributed by atoms with van der Waals surface area (Å²) in [6, 6.07) is 7.08. The van der Waals surface area contributed by atoms with Gasteiger partial charge < -0.3 is 0 Å². The summed E-state index contributed by atoms with van der Waals surface area (Å²) >= 11 is 0. The van der Waals surface area contributed by atoms with Crippen molar-refractivity contribution in [2.75, 3.05) is 0 Å². The third-order valence-corrected chi connectivity index (χ3v) is 4.93. The van der Waals surface area contributed by atoms with Gasteiger partial charge in [-0.1, -0.05) is 6.07 Å². The van der Waals surface area contributed by atoms with Crippen molar-refractivity contribution >= 4 is 10.0 Å². The van der Waals surface area contributed by atoms with Crippen LogP contribution in [-0.2, 0) is 10.0 Å². The van der Waals surface area contributed by atoms with E-state index in [1.165, 1.54) is 0 Å². The number of sulfonamides is 1. The first kappa shape index (κ1) is 20.0. The van der Waals surface area contributed by atoms with Crippen molar-refractivity contribution in [2.24, 2.45) is 5.14 Å². The average Bonchev–Trinajstić information content (AvgIpc) is 3.00. The van der Waals surface area contributed by atoms with Gasteiger partial charge in [0.15, 0.2) is 0 Å². The fourth-order valence-electron chi connectivity index (χ4n) is 2.91. The molecule has 2 N–H and O–H groups in total. The van der Waals surface area contributed by atoms with Crippen LogP contribution in [-0.4, -0.2) is 18.2 Å². The van der Waals surface area contributed by atoms with Crippen molar-refractivity contribution in [1.29, 1.82) is 0 Å². The Morgan fingerprint density at radius 3 is 2.11 bits per heavy atom. The van der Waals surface area contributed by atoms with Gasteiger partial charge in [0.1, 0.15) is 22.2 Å². The highest BCUT2D eigenvalue weighted by Crippen LogP contribution is 2.32. The molecular formula is C18H15F4N3O2S. The molecule has 0 fully saturated rings. The lowest BCUT2D eigenvalue weighted by Gasteiger charge is -2.11. The van der Waals surface area contributed by atoms with Gasteiger partial charge in [-0.2, -0.15) is 5.10 Å². The number of primary sulfonamides is 1. The fraction of sp³-hybridized carbons (Fsp3) is 0.167. The Labute approximate surface area is 158 Å². The molecule has 0 aliphatic carbocycles. The van der Waals surface area contributed by atoms with Gasteiger partial charge in [-0.3, -0.25) is 0 Å². The lowest BCUT2D eigenvalue weighted by molar-refractivity contribution is 0.145. The number of hydrogen-bond donors (Lipinski definition) is 1. The van der Waals surface area contributed by atoms with Crippen molar-refractivity contribution < 1.29 is 26.0 Å². The summed E-state index contributed by atoms with van der Waals surface area (Å²) in [5.74, 6) is -2.44. The maximum absolute atomic E-state index is 14.6. The Morgan fingerprint density at radius 1 is 0.964 bits per heavy atom. The maximum atomic E-state index is 14.6. The van der Waals surface area contributed by atoms with Gasteiger partial charge in [-0.05, 0) is 55.3 Å². The summed E-state index contributed by atoms with van der Waals surface area (Å²) in [5, 5.41) is 8.68. The zero-order chi connectivity index (χ0) is 20.8. The molecule has 0 atom stereocenters. The molecule has 5 nitrogen and oxygen atoms in total. The summed E-state index contributed by atoms with van der Waals surface area (Å²) in [6.07, 6.45) is -2.94. The molecule has 148 valence electrons. The zero-order valence-corrected chi connectivity index (χ0v) is 15.6. The van der Waals surface area contributed by atoms with E-state index in [0.29, 0.717) is 17.8 Å². The van der Waals surface area contributed by atoms with Crippen LogP contribution < -0.4 is 5.14 Å². The Balaban J connectivity index is 2.29. The van der Waals surface area contributed by atoms with Crippen LogP contribution in [0.4, 0.5) is 17.6 Å². The molecular weight excluding hydrogens is 398 g/mol. The number of halogens is 4. The van der Waals surface area contributed by atoms with Crippen molar-refractivity contribution in [2.45, 2.75) is 25.2 Å². The number of benzene rings is 2. The van der Waals surface area contributed by atoms with E-state index in [1.807, 2.05) is 6.07 Å². The quantitative estimate of drug-likeness (QED) is 0.657. The normalized spacial score (nSPS) is 12.0. The van der Waals surface area contributed by atoms with Gasteiger partial charge in [0.25, 0.3) is 6.43 Å². The van der Waals surface area contributed by atoms with Gasteiger partial charge in [0, 0.05) is 5.56 Å². The smallest absolute Gasteiger partial charge is 0.232 e. The minimum absolute atomic E-state index is 0.155. The summed E-state index contributed by atoms with van der Waals surface area (Å²) in [6.45, 7) is 3.57. The van der Waals surface area contributed by atoms with Crippen LogP contribution in [0, 0.1) is 25.5 Å². The molecule has 3 rings (SSSR count). The van der Waals surface area contributed by atoms with Gasteiger partial charge in [-0.25, -0.2) is 35.8 Å². The molecule has 0 spiro atoms. The van der Waals surface area contributed by atoms with Crippen molar-refractivity contribution in [1.82, 2.24) is 9.78 Å². The molecule has 0 amide bonds. The second-order valence-electron chi connectivity index (χ2n) is 6.32. The molecule has 1 aromatic heterocycles. The number of aryl methyl sites for hydroxylation is 2. The number of aromatic nitrogens is 2. The third-order valence-electron chi connectivity index (χ3n) is 4.01. The average molecular weight is 413 g/mol. The molecule has 1 heterocycles. The Bertz CT molecular complexity index is 1150. The first-order valence-electron chi connectivity index (χ1n) is 7.96. The largest absolute Gasteiger partial charge is 0.282 e. The van der Waals surface area contributed by atoms with Crippen LogP contribution >= 0.6 is 0 Å². The van der Waals surface area contributed by atoms with Gasteiger partial charge in [0.2, 0.25) is 10.0 Å². The molecule has 0 aliphatic rings. The van der Waals surface area contributed by atoms with E-state index in [-0.39, 0.29) is 5.69 Å². The Kier molecular flexibility index (Phi) is 5.02. The third kappa shape index (κ3) is 3.78. The monoisotopic (exact) mass is 413 g/mol. The zero-order valence-electron chi connectivity index (χ0n) is 14.7. The molecule has 0 radical (unpaired) electrons. The van der Waals surface area contributed by atoms with Gasteiger partial charge in [-0.15, -0.1) is 0 Å². The maximum Gasteiger partial charge on any atom is 0.282 e. The van der Waals surface area contributed by atoms with E-state index in [2.05, 4.69) is 5.10 Å². The molecule has 0 aliphatic heterocycles. The van der Waals surface area contributed by atoms with Crippen molar-refractivity contribution in [3.8, 4) is 16.9 Å². The highest BCUT2D eigenvalue weighted by Gasteiger charge is 2.24. The summed E-state index contributed by atoms with van der Waals surface area (Å²) in [7, 11) is -4.49. The summed E-state index contributed by atoms with van der Waals surface area (Å²) < 4.78 is 79.0. The number of nitrogens with zero attached hydrogens (tertiary/aromatic N) is 2.